The van der Waals surface area contributed by atoms with Crippen molar-refractivity contribution in [2.45, 2.75) is 39.0 Å². The number of nitrogens with zero attached hydrogens (tertiary/aromatic N) is 1. The van der Waals surface area contributed by atoms with Crippen LogP contribution in [0, 0.1) is 5.41 Å². The number of nitrogens with one attached hydrogen (secondary N) is 1. The lowest BCUT2D eigenvalue weighted by Crippen LogP contribution is -2.48. The molecule has 0 aromatic heterocycles. The summed E-state index contributed by atoms with van der Waals surface area (Å²) in [5.74, 6) is -1.36. The van der Waals surface area contributed by atoms with Gasteiger partial charge >= 0.3 is 18.0 Å². The predicted octanol–water partition coefficient (Wildman–Crippen LogP) is 1.23. The molecule has 0 bridgehead atoms. The quantitative estimate of drug-likeness (QED) is 0.689. The normalized spacial score (nSPS) is 16.3. The standard InChI is InChI=1S/C14H24N2O5/c1-3-8-16(9-11(17)21-2)13(20)15-10-14(12(18)19)6-4-5-7-14/h3-10H2,1-2H3,(H,15,20)(H,18,19). The van der Waals surface area contributed by atoms with E-state index in [0.29, 0.717) is 25.8 Å². The molecular weight excluding hydrogens is 276 g/mol. The Labute approximate surface area is 124 Å². The van der Waals surface area contributed by atoms with Crippen LogP contribution in [0.4, 0.5) is 4.79 Å². The Morgan fingerprint density at radius 1 is 1.29 bits per heavy atom. The molecule has 0 radical (unpaired) electrons. The van der Waals surface area contributed by atoms with E-state index in [1.165, 1.54) is 12.0 Å². The topological polar surface area (TPSA) is 95.9 Å². The van der Waals surface area contributed by atoms with Crippen molar-refractivity contribution < 1.29 is 24.2 Å². The molecule has 0 atom stereocenters. The van der Waals surface area contributed by atoms with Gasteiger partial charge in [-0.25, -0.2) is 4.79 Å². The van der Waals surface area contributed by atoms with Crippen molar-refractivity contribution in [3.63, 3.8) is 0 Å². The number of carboxylic acids is 1. The molecule has 1 fully saturated rings. The van der Waals surface area contributed by atoms with Crippen LogP contribution in [0.15, 0.2) is 0 Å². The van der Waals surface area contributed by atoms with Gasteiger partial charge in [-0.3, -0.25) is 9.59 Å². The molecule has 7 heteroatoms. The summed E-state index contributed by atoms with van der Waals surface area (Å²) >= 11 is 0. The summed E-state index contributed by atoms with van der Waals surface area (Å²) in [4.78, 5) is 36.2. The molecule has 1 saturated carbocycles. The number of carbonyl (C=O) groups excluding carboxylic acids is 2. The average Bonchev–Trinajstić information content (AvgIpc) is 2.94. The Morgan fingerprint density at radius 2 is 1.90 bits per heavy atom. The zero-order valence-corrected chi connectivity index (χ0v) is 12.7. The van der Waals surface area contributed by atoms with Gasteiger partial charge in [0.15, 0.2) is 0 Å². The van der Waals surface area contributed by atoms with E-state index in [2.05, 4.69) is 10.1 Å². The molecule has 120 valence electrons. The van der Waals surface area contributed by atoms with Gasteiger partial charge in [-0.05, 0) is 19.3 Å². The number of urea groups is 1. The third kappa shape index (κ3) is 4.61. The minimum absolute atomic E-state index is 0.0998. The van der Waals surface area contributed by atoms with Gasteiger partial charge in [0.25, 0.3) is 0 Å². The smallest absolute Gasteiger partial charge is 0.325 e. The van der Waals surface area contributed by atoms with Crippen molar-refractivity contribution in [2.75, 3.05) is 26.7 Å². The summed E-state index contributed by atoms with van der Waals surface area (Å²) in [7, 11) is 1.27. The molecule has 7 nitrogen and oxygen atoms in total. The van der Waals surface area contributed by atoms with Gasteiger partial charge < -0.3 is 20.1 Å². The summed E-state index contributed by atoms with van der Waals surface area (Å²) in [6, 6.07) is -0.422. The van der Waals surface area contributed by atoms with Crippen molar-refractivity contribution >= 4 is 18.0 Å². The van der Waals surface area contributed by atoms with Crippen molar-refractivity contribution in [3.8, 4) is 0 Å². The van der Waals surface area contributed by atoms with Crippen molar-refractivity contribution in [1.29, 1.82) is 0 Å². The third-order valence-electron chi connectivity index (χ3n) is 3.92. The van der Waals surface area contributed by atoms with Gasteiger partial charge in [0, 0.05) is 13.1 Å². The molecule has 1 aliphatic rings. The first kappa shape index (κ1) is 17.3. The lowest BCUT2D eigenvalue weighted by molar-refractivity contribution is -0.148. The second-order valence-corrected chi connectivity index (χ2v) is 5.45. The Hall–Kier alpha value is -1.79. The van der Waals surface area contributed by atoms with Crippen LogP contribution < -0.4 is 5.32 Å². The summed E-state index contributed by atoms with van der Waals surface area (Å²) in [5, 5.41) is 12.0. The van der Waals surface area contributed by atoms with Crippen LogP contribution in [0.3, 0.4) is 0 Å². The van der Waals surface area contributed by atoms with Gasteiger partial charge in [0.2, 0.25) is 0 Å². The third-order valence-corrected chi connectivity index (χ3v) is 3.92. The number of amides is 2. The van der Waals surface area contributed by atoms with Crippen LogP contribution >= 0.6 is 0 Å². The fourth-order valence-electron chi connectivity index (χ4n) is 2.62. The number of esters is 1. The van der Waals surface area contributed by atoms with E-state index in [1.807, 2.05) is 6.92 Å². The number of hydrogen-bond acceptors (Lipinski definition) is 4. The maximum absolute atomic E-state index is 12.1. The highest BCUT2D eigenvalue weighted by molar-refractivity contribution is 5.82. The summed E-state index contributed by atoms with van der Waals surface area (Å²) in [5.41, 5.74) is -0.862. The lowest BCUT2D eigenvalue weighted by atomic mass is 9.86. The highest BCUT2D eigenvalue weighted by atomic mass is 16.5. The monoisotopic (exact) mass is 300 g/mol. The van der Waals surface area contributed by atoms with Crippen molar-refractivity contribution in [1.82, 2.24) is 10.2 Å². The summed E-state index contributed by atoms with van der Waals surface area (Å²) in [6.45, 7) is 2.28. The number of rotatable bonds is 7. The van der Waals surface area contributed by atoms with Gasteiger partial charge in [-0.1, -0.05) is 19.8 Å². The second-order valence-electron chi connectivity index (χ2n) is 5.45. The molecule has 21 heavy (non-hydrogen) atoms. The largest absolute Gasteiger partial charge is 0.481 e. The molecule has 0 unspecified atom stereocenters. The second kappa shape index (κ2) is 7.85. The van der Waals surface area contributed by atoms with E-state index < -0.39 is 23.4 Å². The van der Waals surface area contributed by atoms with E-state index in [-0.39, 0.29) is 13.1 Å². The molecular formula is C14H24N2O5. The first-order valence-corrected chi connectivity index (χ1v) is 7.28. The molecule has 0 saturated heterocycles. The molecule has 0 aromatic carbocycles. The summed E-state index contributed by atoms with van der Waals surface area (Å²) in [6.07, 6.45) is 3.58. The Bertz CT molecular complexity index is 391. The van der Waals surface area contributed by atoms with E-state index in [1.54, 1.807) is 0 Å². The zero-order chi connectivity index (χ0) is 15.9. The zero-order valence-electron chi connectivity index (χ0n) is 12.7. The number of hydrogen-bond donors (Lipinski definition) is 2. The first-order valence-electron chi connectivity index (χ1n) is 7.28. The van der Waals surface area contributed by atoms with Crippen LogP contribution in [0.2, 0.25) is 0 Å². The number of methoxy groups -OCH3 is 1. The molecule has 0 aliphatic heterocycles. The van der Waals surface area contributed by atoms with Crippen molar-refractivity contribution in [2.24, 2.45) is 5.41 Å². The maximum atomic E-state index is 12.1. The predicted molar refractivity (Wildman–Crippen MR) is 75.8 cm³/mol. The number of carboxylic acid groups (broad SMARTS) is 1. The SMILES string of the molecule is CCCN(CC(=O)OC)C(=O)NCC1(C(=O)O)CCCC1. The van der Waals surface area contributed by atoms with Crippen LogP contribution in [0.5, 0.6) is 0 Å². The molecule has 2 N–H and O–H groups in total. The van der Waals surface area contributed by atoms with Gasteiger partial charge in [0.1, 0.15) is 6.54 Å². The summed E-state index contributed by atoms with van der Waals surface area (Å²) < 4.78 is 4.56. The Balaban J connectivity index is 2.60. The van der Waals surface area contributed by atoms with Crippen LogP contribution in [0.25, 0.3) is 0 Å². The van der Waals surface area contributed by atoms with Gasteiger partial charge in [-0.2, -0.15) is 0 Å². The van der Waals surface area contributed by atoms with Crippen molar-refractivity contribution in [3.05, 3.63) is 0 Å². The van der Waals surface area contributed by atoms with Gasteiger partial charge in [-0.15, -0.1) is 0 Å². The number of ether oxygens (including phenoxy) is 1. The Kier molecular flexibility index (Phi) is 6.45. The molecule has 1 rings (SSSR count). The molecule has 0 heterocycles. The van der Waals surface area contributed by atoms with E-state index in [9.17, 15) is 19.5 Å². The average molecular weight is 300 g/mol. The molecule has 0 spiro atoms. The lowest BCUT2D eigenvalue weighted by Gasteiger charge is -2.27. The van der Waals surface area contributed by atoms with E-state index in [0.717, 1.165) is 12.8 Å². The fourth-order valence-corrected chi connectivity index (χ4v) is 2.62. The van der Waals surface area contributed by atoms with Crippen LogP contribution in [0.1, 0.15) is 39.0 Å². The minimum Gasteiger partial charge on any atom is -0.481 e. The van der Waals surface area contributed by atoms with Gasteiger partial charge in [0.05, 0.1) is 12.5 Å². The molecule has 1 aliphatic carbocycles. The fraction of sp³-hybridized carbons (Fsp3) is 0.786. The number of aliphatic carboxylic acids is 1. The highest BCUT2D eigenvalue weighted by Gasteiger charge is 2.41. The van der Waals surface area contributed by atoms with E-state index >= 15 is 0 Å². The Morgan fingerprint density at radius 3 is 2.38 bits per heavy atom. The van der Waals surface area contributed by atoms with E-state index in [4.69, 9.17) is 0 Å². The maximum Gasteiger partial charge on any atom is 0.325 e. The molecule has 0 aromatic rings. The molecule has 2 amide bonds. The van der Waals surface area contributed by atoms with Crippen LogP contribution in [-0.2, 0) is 14.3 Å². The number of carbonyl (C=O) groups is 3. The van der Waals surface area contributed by atoms with Crippen LogP contribution in [-0.4, -0.2) is 54.7 Å². The minimum atomic E-state index is -0.865. The first-order chi connectivity index (χ1) is 9.95. The highest BCUT2D eigenvalue weighted by Crippen LogP contribution is 2.37.